The predicted octanol–water partition coefficient (Wildman–Crippen LogP) is 4.09. The molecule has 0 aliphatic carbocycles. The number of hydrogen-bond acceptors (Lipinski definition) is 2. The molecule has 0 aromatic heterocycles. The van der Waals surface area contributed by atoms with Crippen LogP contribution in [0.1, 0.15) is 52.6 Å². The molecular formula is C19H32N2. The summed E-state index contributed by atoms with van der Waals surface area (Å²) >= 11 is 0. The van der Waals surface area contributed by atoms with Gasteiger partial charge in [0.2, 0.25) is 0 Å². The van der Waals surface area contributed by atoms with Gasteiger partial charge in [-0.3, -0.25) is 4.90 Å². The molecule has 1 N–H and O–H groups in total. The zero-order valence-corrected chi connectivity index (χ0v) is 14.4. The Morgan fingerprint density at radius 1 is 1.10 bits per heavy atom. The molecule has 1 saturated heterocycles. The van der Waals surface area contributed by atoms with E-state index in [-0.39, 0.29) is 5.54 Å². The van der Waals surface area contributed by atoms with E-state index in [2.05, 4.69) is 75.2 Å². The number of piperidine rings is 1. The van der Waals surface area contributed by atoms with Crippen LogP contribution < -0.4 is 5.32 Å². The lowest BCUT2D eigenvalue weighted by Crippen LogP contribution is -2.47. The fourth-order valence-electron chi connectivity index (χ4n) is 3.50. The molecule has 1 aliphatic rings. The van der Waals surface area contributed by atoms with Crippen LogP contribution in [0.15, 0.2) is 30.3 Å². The van der Waals surface area contributed by atoms with Crippen LogP contribution in [0.25, 0.3) is 0 Å². The van der Waals surface area contributed by atoms with Crippen molar-refractivity contribution in [3.05, 3.63) is 35.9 Å². The predicted molar refractivity (Wildman–Crippen MR) is 91.5 cm³/mol. The lowest BCUT2D eigenvalue weighted by Gasteiger charge is -2.41. The maximum absolute atomic E-state index is 3.71. The quantitative estimate of drug-likeness (QED) is 0.897. The molecule has 2 heteroatoms. The summed E-state index contributed by atoms with van der Waals surface area (Å²) in [6.07, 6.45) is 1.37. The molecule has 21 heavy (non-hydrogen) atoms. The third-order valence-electron chi connectivity index (χ3n) is 4.35. The van der Waals surface area contributed by atoms with E-state index in [1.54, 1.807) is 0 Å². The van der Waals surface area contributed by atoms with E-state index in [0.717, 1.165) is 18.4 Å². The molecule has 0 spiro atoms. The maximum Gasteiger partial charge on any atom is 0.0473 e. The summed E-state index contributed by atoms with van der Waals surface area (Å²) in [7, 11) is 0. The number of rotatable bonds is 4. The molecule has 3 atom stereocenters. The minimum atomic E-state index is 0.167. The highest BCUT2D eigenvalue weighted by molar-refractivity contribution is 5.20. The number of benzene rings is 1. The Balaban J connectivity index is 2.15. The highest BCUT2D eigenvalue weighted by Crippen LogP contribution is 2.29. The Labute approximate surface area is 130 Å². The van der Waals surface area contributed by atoms with Gasteiger partial charge < -0.3 is 5.32 Å². The first kappa shape index (κ1) is 16.5. The van der Waals surface area contributed by atoms with Crippen LogP contribution in [0.4, 0.5) is 0 Å². The number of likely N-dealkylation sites (tertiary alicyclic amines) is 1. The van der Waals surface area contributed by atoms with Gasteiger partial charge in [-0.15, -0.1) is 0 Å². The highest BCUT2D eigenvalue weighted by atomic mass is 15.2. The second-order valence-corrected chi connectivity index (χ2v) is 7.96. The first-order chi connectivity index (χ1) is 9.85. The number of nitrogens with one attached hydrogen (secondary N) is 1. The van der Waals surface area contributed by atoms with Gasteiger partial charge in [-0.25, -0.2) is 0 Å². The second-order valence-electron chi connectivity index (χ2n) is 7.96. The average Bonchev–Trinajstić information content (AvgIpc) is 2.37. The molecule has 1 aliphatic heterocycles. The van der Waals surface area contributed by atoms with Crippen LogP contribution in [0.3, 0.4) is 0 Å². The number of hydrogen-bond donors (Lipinski definition) is 1. The van der Waals surface area contributed by atoms with Crippen molar-refractivity contribution < 1.29 is 0 Å². The molecule has 1 aromatic rings. The minimum Gasteiger partial charge on any atom is -0.310 e. The van der Waals surface area contributed by atoms with E-state index in [1.807, 2.05) is 0 Å². The highest BCUT2D eigenvalue weighted by Gasteiger charge is 2.29. The molecule has 0 amide bonds. The second kappa shape index (κ2) is 6.93. The Kier molecular flexibility index (Phi) is 5.45. The molecule has 1 fully saturated rings. The molecule has 1 aromatic carbocycles. The molecule has 2 rings (SSSR count). The summed E-state index contributed by atoms with van der Waals surface area (Å²) < 4.78 is 0. The molecule has 118 valence electrons. The number of nitrogens with zero attached hydrogens (tertiary/aromatic N) is 1. The summed E-state index contributed by atoms with van der Waals surface area (Å²) in [6.45, 7) is 15.0. The third kappa shape index (κ3) is 5.12. The van der Waals surface area contributed by atoms with E-state index in [4.69, 9.17) is 0 Å². The van der Waals surface area contributed by atoms with E-state index in [9.17, 15) is 0 Å². The Morgan fingerprint density at radius 3 is 2.19 bits per heavy atom. The van der Waals surface area contributed by atoms with Crippen LogP contribution in [0.5, 0.6) is 0 Å². The summed E-state index contributed by atoms with van der Waals surface area (Å²) in [5.41, 5.74) is 1.61. The summed E-state index contributed by atoms with van der Waals surface area (Å²) in [4.78, 5) is 2.69. The van der Waals surface area contributed by atoms with Gasteiger partial charge in [0.25, 0.3) is 0 Å². The Morgan fingerprint density at radius 2 is 1.67 bits per heavy atom. The van der Waals surface area contributed by atoms with Gasteiger partial charge in [-0.1, -0.05) is 44.2 Å². The summed E-state index contributed by atoms with van der Waals surface area (Å²) in [5.74, 6) is 1.60. The zero-order chi connectivity index (χ0) is 15.5. The smallest absolute Gasteiger partial charge is 0.0473 e. The van der Waals surface area contributed by atoms with Crippen molar-refractivity contribution in [2.75, 3.05) is 19.6 Å². The standard InChI is InChI=1S/C19H32N2/c1-15-11-16(2)14-21(13-15)18(12-20-19(3,4)5)17-9-7-6-8-10-17/h6-10,15-16,18,20H,11-14H2,1-5H3. The Hall–Kier alpha value is -0.860. The normalized spacial score (nSPS) is 25.8. The van der Waals surface area contributed by atoms with Crippen molar-refractivity contribution in [1.82, 2.24) is 10.2 Å². The van der Waals surface area contributed by atoms with Gasteiger partial charge in [0.05, 0.1) is 0 Å². The van der Waals surface area contributed by atoms with E-state index >= 15 is 0 Å². The van der Waals surface area contributed by atoms with Gasteiger partial charge in [0.15, 0.2) is 0 Å². The van der Waals surface area contributed by atoms with Crippen molar-refractivity contribution in [1.29, 1.82) is 0 Å². The molecule has 0 bridgehead atoms. The maximum atomic E-state index is 3.71. The van der Waals surface area contributed by atoms with Crippen LogP contribution in [-0.2, 0) is 0 Å². The zero-order valence-electron chi connectivity index (χ0n) is 14.4. The molecule has 2 nitrogen and oxygen atoms in total. The van der Waals surface area contributed by atoms with Crippen LogP contribution in [0.2, 0.25) is 0 Å². The monoisotopic (exact) mass is 288 g/mol. The van der Waals surface area contributed by atoms with Gasteiger partial charge in [0, 0.05) is 31.2 Å². The van der Waals surface area contributed by atoms with E-state index < -0.39 is 0 Å². The molecule has 0 radical (unpaired) electrons. The van der Waals surface area contributed by atoms with E-state index in [0.29, 0.717) is 6.04 Å². The summed E-state index contributed by atoms with van der Waals surface area (Å²) in [5, 5.41) is 3.71. The van der Waals surface area contributed by atoms with Gasteiger partial charge in [-0.05, 0) is 44.6 Å². The first-order valence-electron chi connectivity index (χ1n) is 8.39. The van der Waals surface area contributed by atoms with E-state index in [1.165, 1.54) is 25.1 Å². The molecule has 0 saturated carbocycles. The van der Waals surface area contributed by atoms with Crippen molar-refractivity contribution in [3.8, 4) is 0 Å². The molecule has 3 unspecified atom stereocenters. The summed E-state index contributed by atoms with van der Waals surface area (Å²) in [6, 6.07) is 11.5. The van der Waals surface area contributed by atoms with Gasteiger partial charge in [0.1, 0.15) is 0 Å². The average molecular weight is 288 g/mol. The van der Waals surface area contributed by atoms with Gasteiger partial charge >= 0.3 is 0 Å². The van der Waals surface area contributed by atoms with Crippen LogP contribution in [-0.4, -0.2) is 30.1 Å². The molecular weight excluding hydrogens is 256 g/mol. The molecule has 1 heterocycles. The lowest BCUT2D eigenvalue weighted by molar-refractivity contribution is 0.0908. The minimum absolute atomic E-state index is 0.167. The van der Waals surface area contributed by atoms with Crippen molar-refractivity contribution >= 4 is 0 Å². The van der Waals surface area contributed by atoms with Crippen LogP contribution in [0, 0.1) is 11.8 Å². The first-order valence-corrected chi connectivity index (χ1v) is 8.39. The topological polar surface area (TPSA) is 15.3 Å². The fraction of sp³-hybridized carbons (Fsp3) is 0.684. The van der Waals surface area contributed by atoms with Crippen molar-refractivity contribution in [2.45, 2.75) is 52.6 Å². The van der Waals surface area contributed by atoms with Crippen molar-refractivity contribution in [3.63, 3.8) is 0 Å². The van der Waals surface area contributed by atoms with Crippen molar-refractivity contribution in [2.24, 2.45) is 11.8 Å². The lowest BCUT2D eigenvalue weighted by atomic mass is 9.89. The van der Waals surface area contributed by atoms with Crippen LogP contribution >= 0.6 is 0 Å². The Bertz CT molecular complexity index is 411. The largest absolute Gasteiger partial charge is 0.310 e. The third-order valence-corrected chi connectivity index (χ3v) is 4.35. The van der Waals surface area contributed by atoms with Gasteiger partial charge in [-0.2, -0.15) is 0 Å². The SMILES string of the molecule is CC1CC(C)CN(C(CNC(C)(C)C)c2ccccc2)C1. The fourth-order valence-corrected chi connectivity index (χ4v) is 3.50.